The number of hydrogen-bond donors (Lipinski definition) is 2. The Bertz CT molecular complexity index is 89.3. The molecule has 0 amide bonds. The third-order valence-corrected chi connectivity index (χ3v) is 0.897. The topological polar surface area (TPSA) is 67.6 Å². The van der Waals surface area contributed by atoms with Gasteiger partial charge in [0.25, 0.3) is 0 Å². The van der Waals surface area contributed by atoms with E-state index in [4.69, 9.17) is 10.9 Å². The van der Waals surface area contributed by atoms with Crippen LogP contribution in [0.4, 0.5) is 0 Å². The van der Waals surface area contributed by atoms with Crippen LogP contribution in [0.1, 0.15) is 0 Å². The van der Waals surface area contributed by atoms with Crippen molar-refractivity contribution in [1.82, 2.24) is 4.90 Å². The Morgan fingerprint density at radius 1 is 1.62 bits per heavy atom. The molecule has 5 heteroatoms. The molecule has 0 spiro atoms. The van der Waals surface area contributed by atoms with Gasteiger partial charge in [-0.3, -0.25) is 5.14 Å². The Morgan fingerprint density at radius 2 is 2.12 bits per heavy atom. The summed E-state index contributed by atoms with van der Waals surface area (Å²) in [5, 5.41) is 4.99. The van der Waals surface area contributed by atoms with Crippen LogP contribution in [0.25, 0.3) is 0 Å². The van der Waals surface area contributed by atoms with Gasteiger partial charge >= 0.3 is 0 Å². The van der Waals surface area contributed by atoms with E-state index in [1.165, 1.54) is 0 Å². The van der Waals surface area contributed by atoms with Crippen LogP contribution in [0.15, 0.2) is 4.40 Å². The fourth-order valence-electron chi connectivity index (χ4n) is 0.136. The van der Waals surface area contributed by atoms with Crippen LogP contribution >= 0.6 is 12.1 Å². The van der Waals surface area contributed by atoms with Crippen LogP contribution < -0.4 is 10.9 Å². The summed E-state index contributed by atoms with van der Waals surface area (Å²) in [7, 11) is 3.60. The lowest BCUT2D eigenvalue weighted by atomic mass is 10.8. The molecule has 4 nitrogen and oxygen atoms in total. The van der Waals surface area contributed by atoms with Crippen LogP contribution in [-0.4, -0.2) is 25.0 Å². The maximum Gasteiger partial charge on any atom is 0.203 e. The van der Waals surface area contributed by atoms with Gasteiger partial charge in [-0.2, -0.15) is 4.40 Å². The molecule has 0 radical (unpaired) electrons. The maximum absolute atomic E-state index is 5.30. The van der Waals surface area contributed by atoms with Gasteiger partial charge < -0.3 is 10.6 Å². The van der Waals surface area contributed by atoms with E-state index in [1.54, 1.807) is 19.0 Å². The highest BCUT2D eigenvalue weighted by Gasteiger charge is 1.89. The Morgan fingerprint density at radius 3 is 2.25 bits per heavy atom. The Labute approximate surface area is 53.2 Å². The highest BCUT2D eigenvalue weighted by molar-refractivity contribution is 7.95. The second kappa shape index (κ2) is 3.57. The number of rotatable bonds is 1. The van der Waals surface area contributed by atoms with Crippen LogP contribution in [-0.2, 0) is 0 Å². The molecule has 0 saturated carbocycles. The molecule has 0 aromatic rings. The minimum atomic E-state index is 0.428. The minimum absolute atomic E-state index is 0.428. The first-order chi connectivity index (χ1) is 3.68. The van der Waals surface area contributed by atoms with E-state index in [9.17, 15) is 0 Å². The van der Waals surface area contributed by atoms with Crippen molar-refractivity contribution in [2.75, 3.05) is 14.1 Å². The second-order valence-corrected chi connectivity index (χ2v) is 1.84. The Hall–Kier alpha value is -0.420. The van der Waals surface area contributed by atoms with Crippen LogP contribution in [0.5, 0.6) is 0 Å². The van der Waals surface area contributed by atoms with Gasteiger partial charge in [-0.05, 0) is 0 Å². The monoisotopic (exact) mass is 134 g/mol. The molecular weight excluding hydrogens is 124 g/mol. The molecule has 0 fully saturated rings. The average Bonchev–Trinajstić information content (AvgIpc) is 1.67. The Kier molecular flexibility index (Phi) is 3.38. The van der Waals surface area contributed by atoms with Crippen molar-refractivity contribution in [1.29, 1.82) is 0 Å². The molecule has 0 unspecified atom stereocenters. The molecule has 0 aromatic carbocycles. The van der Waals surface area contributed by atoms with Gasteiger partial charge in [0, 0.05) is 14.1 Å². The van der Waals surface area contributed by atoms with E-state index >= 15 is 0 Å². The molecule has 0 heterocycles. The molecule has 48 valence electrons. The van der Waals surface area contributed by atoms with Gasteiger partial charge in [-0.1, -0.05) is 0 Å². The fourth-order valence-corrected chi connectivity index (χ4v) is 0.407. The van der Waals surface area contributed by atoms with Crippen LogP contribution in [0.2, 0.25) is 0 Å². The summed E-state index contributed by atoms with van der Waals surface area (Å²) >= 11 is 0.859. The van der Waals surface area contributed by atoms with Gasteiger partial charge in [0.2, 0.25) is 5.96 Å². The molecule has 0 aromatic heterocycles. The third kappa shape index (κ3) is 2.70. The van der Waals surface area contributed by atoms with Crippen LogP contribution in [0, 0.1) is 0 Å². The number of nitrogens with zero attached hydrogens (tertiary/aromatic N) is 2. The van der Waals surface area contributed by atoms with Crippen molar-refractivity contribution in [3.05, 3.63) is 0 Å². The molecular formula is C3H10N4S. The number of hydrogen-bond acceptors (Lipinski definition) is 3. The number of nitrogens with two attached hydrogens (primary N) is 2. The third-order valence-electron chi connectivity index (χ3n) is 0.604. The normalized spacial score (nSPS) is 11.6. The Balaban J connectivity index is 3.61. The standard InChI is InChI=1S/C3H10N4S/c1-7(2)3(4)6-8-5/h5H2,1-2H3,(H2,4,6). The van der Waals surface area contributed by atoms with Gasteiger partial charge in [0.15, 0.2) is 0 Å². The fraction of sp³-hybridized carbons (Fsp3) is 0.667. The summed E-state index contributed by atoms with van der Waals surface area (Å²) in [6.07, 6.45) is 0. The van der Waals surface area contributed by atoms with E-state index < -0.39 is 0 Å². The smallest absolute Gasteiger partial charge is 0.203 e. The van der Waals surface area contributed by atoms with E-state index in [1.807, 2.05) is 0 Å². The molecule has 0 aliphatic heterocycles. The number of guanidine groups is 1. The lowest BCUT2D eigenvalue weighted by molar-refractivity contribution is 0.617. The van der Waals surface area contributed by atoms with Crippen LogP contribution in [0.3, 0.4) is 0 Å². The van der Waals surface area contributed by atoms with Crippen molar-refractivity contribution in [2.24, 2.45) is 15.3 Å². The zero-order valence-electron chi connectivity index (χ0n) is 4.96. The summed E-state index contributed by atoms with van der Waals surface area (Å²) < 4.78 is 3.64. The van der Waals surface area contributed by atoms with Gasteiger partial charge in [-0.25, -0.2) is 0 Å². The summed E-state index contributed by atoms with van der Waals surface area (Å²) in [6.45, 7) is 0. The first-order valence-electron chi connectivity index (χ1n) is 2.05. The van der Waals surface area contributed by atoms with Crippen molar-refractivity contribution < 1.29 is 0 Å². The molecule has 0 atom stereocenters. The zero-order chi connectivity index (χ0) is 6.57. The molecule has 0 bridgehead atoms. The van der Waals surface area contributed by atoms with Crippen molar-refractivity contribution in [2.45, 2.75) is 0 Å². The summed E-state index contributed by atoms with van der Waals surface area (Å²) in [5.41, 5.74) is 5.30. The lowest BCUT2D eigenvalue weighted by Crippen LogP contribution is -2.29. The summed E-state index contributed by atoms with van der Waals surface area (Å²) in [5.74, 6) is 0.428. The van der Waals surface area contributed by atoms with Crippen molar-refractivity contribution in [3.8, 4) is 0 Å². The highest BCUT2D eigenvalue weighted by atomic mass is 32.2. The SMILES string of the molecule is CN(C)C(N)=NSN. The summed E-state index contributed by atoms with van der Waals surface area (Å²) in [6, 6.07) is 0. The zero-order valence-corrected chi connectivity index (χ0v) is 5.77. The molecule has 8 heavy (non-hydrogen) atoms. The van der Waals surface area contributed by atoms with Gasteiger partial charge in [0.05, 0.1) is 12.1 Å². The quantitative estimate of drug-likeness (QED) is 0.285. The molecule has 0 saturated heterocycles. The van der Waals surface area contributed by atoms with Gasteiger partial charge in [-0.15, -0.1) is 0 Å². The average molecular weight is 134 g/mol. The van der Waals surface area contributed by atoms with Crippen molar-refractivity contribution >= 4 is 18.1 Å². The predicted molar refractivity (Wildman–Crippen MR) is 37.1 cm³/mol. The first kappa shape index (κ1) is 7.58. The maximum atomic E-state index is 5.30. The predicted octanol–water partition coefficient (Wildman–Crippen LogP) is -0.615. The highest BCUT2D eigenvalue weighted by Crippen LogP contribution is 1.86. The second-order valence-electron chi connectivity index (χ2n) is 1.45. The largest absolute Gasteiger partial charge is 0.369 e. The van der Waals surface area contributed by atoms with E-state index in [0.717, 1.165) is 12.1 Å². The molecule has 0 rings (SSSR count). The molecule has 0 aliphatic rings. The molecule has 4 N–H and O–H groups in total. The van der Waals surface area contributed by atoms with E-state index in [2.05, 4.69) is 4.40 Å². The lowest BCUT2D eigenvalue weighted by Gasteiger charge is -2.07. The van der Waals surface area contributed by atoms with Crippen molar-refractivity contribution in [3.63, 3.8) is 0 Å². The van der Waals surface area contributed by atoms with E-state index in [-0.39, 0.29) is 0 Å². The van der Waals surface area contributed by atoms with Gasteiger partial charge in [0.1, 0.15) is 0 Å². The van der Waals surface area contributed by atoms with E-state index in [0.29, 0.717) is 5.96 Å². The first-order valence-corrected chi connectivity index (χ1v) is 2.89. The molecule has 0 aliphatic carbocycles. The summed E-state index contributed by atoms with van der Waals surface area (Å²) in [4.78, 5) is 1.68. The minimum Gasteiger partial charge on any atom is -0.369 e.